The molecule has 3 aromatic heterocycles. The van der Waals surface area contributed by atoms with Crippen molar-refractivity contribution in [2.75, 3.05) is 0 Å². The Hall–Kier alpha value is -5.54. The van der Waals surface area contributed by atoms with Crippen molar-refractivity contribution in [2.45, 2.75) is 0 Å². The average molecular weight is 524 g/mol. The van der Waals surface area contributed by atoms with Crippen LogP contribution in [0.4, 0.5) is 0 Å². The van der Waals surface area contributed by atoms with E-state index in [1.165, 1.54) is 32.3 Å². The van der Waals surface area contributed by atoms with Crippen LogP contribution in [-0.4, -0.2) is 4.57 Å². The molecule has 3 heteroatoms. The van der Waals surface area contributed by atoms with Crippen molar-refractivity contribution in [3.8, 4) is 5.69 Å². The van der Waals surface area contributed by atoms with Crippen molar-refractivity contribution >= 4 is 87.2 Å². The number of para-hydroxylation sites is 1. The van der Waals surface area contributed by atoms with E-state index in [-0.39, 0.29) is 0 Å². The second kappa shape index (κ2) is 7.56. The molecule has 0 N–H and O–H groups in total. The van der Waals surface area contributed by atoms with Gasteiger partial charge in [0.2, 0.25) is 0 Å². The topological polar surface area (TPSA) is 31.2 Å². The summed E-state index contributed by atoms with van der Waals surface area (Å²) >= 11 is 0. The maximum atomic E-state index is 6.70. The normalized spacial score (nSPS) is 12.4. The summed E-state index contributed by atoms with van der Waals surface area (Å²) in [6.07, 6.45) is 0. The van der Waals surface area contributed by atoms with Gasteiger partial charge in [-0.1, -0.05) is 78.9 Å². The molecule has 0 unspecified atom stereocenters. The van der Waals surface area contributed by atoms with Crippen molar-refractivity contribution < 1.29 is 8.83 Å². The fourth-order valence-electron chi connectivity index (χ4n) is 6.91. The lowest BCUT2D eigenvalue weighted by Crippen LogP contribution is -1.93. The van der Waals surface area contributed by atoms with Crippen LogP contribution in [0.25, 0.3) is 92.9 Å². The van der Waals surface area contributed by atoms with Gasteiger partial charge in [0.15, 0.2) is 5.58 Å². The first-order chi connectivity index (χ1) is 20.3. The third-order valence-corrected chi connectivity index (χ3v) is 8.74. The van der Waals surface area contributed by atoms with E-state index in [1.54, 1.807) is 0 Å². The minimum Gasteiger partial charge on any atom is -0.456 e. The van der Waals surface area contributed by atoms with Crippen molar-refractivity contribution in [3.05, 3.63) is 127 Å². The summed E-state index contributed by atoms with van der Waals surface area (Å²) < 4.78 is 15.5. The van der Waals surface area contributed by atoms with E-state index >= 15 is 0 Å². The van der Waals surface area contributed by atoms with E-state index in [2.05, 4.69) is 132 Å². The fraction of sp³-hybridized carbons (Fsp3) is 0. The molecule has 0 atom stereocenters. The van der Waals surface area contributed by atoms with E-state index in [9.17, 15) is 0 Å². The highest BCUT2D eigenvalue weighted by atomic mass is 16.3. The predicted octanol–water partition coefficient (Wildman–Crippen LogP) is 10.9. The lowest BCUT2D eigenvalue weighted by Gasteiger charge is -2.08. The number of hydrogen-bond acceptors (Lipinski definition) is 2. The third-order valence-electron chi connectivity index (χ3n) is 8.74. The van der Waals surface area contributed by atoms with Gasteiger partial charge in [0, 0.05) is 38.4 Å². The van der Waals surface area contributed by atoms with Crippen LogP contribution in [0.3, 0.4) is 0 Å². The molecular formula is C38H21NO2. The Morgan fingerprint density at radius 2 is 1.12 bits per heavy atom. The Morgan fingerprint density at radius 1 is 0.415 bits per heavy atom. The lowest BCUT2D eigenvalue weighted by molar-refractivity contribution is 0.668. The van der Waals surface area contributed by atoms with Gasteiger partial charge < -0.3 is 13.4 Å². The minimum absolute atomic E-state index is 0.876. The molecule has 0 fully saturated rings. The van der Waals surface area contributed by atoms with Gasteiger partial charge in [-0.05, 0) is 64.0 Å². The summed E-state index contributed by atoms with van der Waals surface area (Å²) in [4.78, 5) is 0. The molecular weight excluding hydrogens is 502 g/mol. The Kier molecular flexibility index (Phi) is 3.93. The summed E-state index contributed by atoms with van der Waals surface area (Å²) in [5.41, 5.74) is 6.85. The molecule has 0 amide bonds. The highest BCUT2D eigenvalue weighted by molar-refractivity contribution is 6.26. The zero-order valence-corrected chi connectivity index (χ0v) is 21.9. The molecule has 0 aliphatic heterocycles. The van der Waals surface area contributed by atoms with E-state index in [4.69, 9.17) is 8.83 Å². The SMILES string of the molecule is c1ccc2cc3c(cc2c1)oc1cc(-n2c4ccccc4c4ccc5c(oc6ccc7ccccc7c65)c42)ccc13. The number of fused-ring (bicyclic) bond motifs is 13. The van der Waals surface area contributed by atoms with Crippen LogP contribution in [0.5, 0.6) is 0 Å². The zero-order valence-electron chi connectivity index (χ0n) is 21.9. The second-order valence-electron chi connectivity index (χ2n) is 10.9. The van der Waals surface area contributed by atoms with Crippen molar-refractivity contribution in [1.29, 1.82) is 0 Å². The molecule has 190 valence electrons. The molecule has 0 saturated carbocycles. The number of nitrogens with zero attached hydrogens (tertiary/aromatic N) is 1. The van der Waals surface area contributed by atoms with Gasteiger partial charge in [-0.15, -0.1) is 0 Å². The van der Waals surface area contributed by atoms with Crippen LogP contribution in [0.1, 0.15) is 0 Å². The van der Waals surface area contributed by atoms with Crippen LogP contribution in [-0.2, 0) is 0 Å². The Balaban J connectivity index is 1.33. The molecule has 7 aromatic carbocycles. The molecule has 41 heavy (non-hydrogen) atoms. The lowest BCUT2D eigenvalue weighted by atomic mass is 10.0. The molecule has 0 spiro atoms. The number of rotatable bonds is 1. The number of aromatic nitrogens is 1. The third kappa shape index (κ3) is 2.77. The Bertz CT molecular complexity index is 2700. The van der Waals surface area contributed by atoms with Gasteiger partial charge >= 0.3 is 0 Å². The molecule has 0 aliphatic carbocycles. The van der Waals surface area contributed by atoms with Crippen molar-refractivity contribution in [1.82, 2.24) is 4.57 Å². The summed E-state index contributed by atoms with van der Waals surface area (Å²) in [6.45, 7) is 0. The van der Waals surface area contributed by atoms with Crippen LogP contribution < -0.4 is 0 Å². The summed E-state index contributed by atoms with van der Waals surface area (Å²) in [6, 6.07) is 45.2. The smallest absolute Gasteiger partial charge is 0.160 e. The van der Waals surface area contributed by atoms with E-state index in [0.29, 0.717) is 0 Å². The molecule has 0 aliphatic rings. The summed E-state index contributed by atoms with van der Waals surface area (Å²) in [5.74, 6) is 0. The van der Waals surface area contributed by atoms with Gasteiger partial charge in [0.25, 0.3) is 0 Å². The predicted molar refractivity (Wildman–Crippen MR) is 170 cm³/mol. The molecule has 0 saturated heterocycles. The van der Waals surface area contributed by atoms with E-state index < -0.39 is 0 Å². The molecule has 10 aromatic rings. The molecule has 0 bridgehead atoms. The highest BCUT2D eigenvalue weighted by Crippen LogP contribution is 2.43. The maximum Gasteiger partial charge on any atom is 0.160 e. The van der Waals surface area contributed by atoms with Crippen LogP contribution in [0, 0.1) is 0 Å². The van der Waals surface area contributed by atoms with Crippen molar-refractivity contribution in [2.24, 2.45) is 0 Å². The van der Waals surface area contributed by atoms with Crippen molar-refractivity contribution in [3.63, 3.8) is 0 Å². The standard InChI is InChI=1S/C38H21NO2/c1-2-9-24-20-34-31(19-23(24)8-1)28-15-14-25(21-35(28)40-34)39-32-12-6-5-11-27(32)29-16-17-30-36-26-10-4-3-7-22(26)13-18-33(36)41-38(30)37(29)39/h1-21H. The van der Waals surface area contributed by atoms with Gasteiger partial charge in [-0.25, -0.2) is 0 Å². The Morgan fingerprint density at radius 3 is 2.02 bits per heavy atom. The van der Waals surface area contributed by atoms with Gasteiger partial charge in [0.1, 0.15) is 16.7 Å². The zero-order chi connectivity index (χ0) is 26.7. The quantitative estimate of drug-likeness (QED) is 0.214. The van der Waals surface area contributed by atoms with Gasteiger partial charge in [-0.3, -0.25) is 0 Å². The summed E-state index contributed by atoms with van der Waals surface area (Å²) in [5, 5.41) is 11.7. The average Bonchev–Trinajstić information content (AvgIpc) is 3.68. The second-order valence-corrected chi connectivity index (χ2v) is 10.9. The minimum atomic E-state index is 0.876. The monoisotopic (exact) mass is 523 g/mol. The van der Waals surface area contributed by atoms with Crippen LogP contribution in [0.2, 0.25) is 0 Å². The molecule has 0 radical (unpaired) electrons. The number of benzene rings is 7. The molecule has 10 rings (SSSR count). The first kappa shape index (κ1) is 21.3. The highest BCUT2D eigenvalue weighted by Gasteiger charge is 2.20. The largest absolute Gasteiger partial charge is 0.456 e. The van der Waals surface area contributed by atoms with Gasteiger partial charge in [-0.2, -0.15) is 0 Å². The van der Waals surface area contributed by atoms with E-state index in [0.717, 1.165) is 60.6 Å². The molecule has 3 nitrogen and oxygen atoms in total. The maximum absolute atomic E-state index is 6.70. The van der Waals surface area contributed by atoms with Crippen LogP contribution in [0.15, 0.2) is 136 Å². The summed E-state index contributed by atoms with van der Waals surface area (Å²) in [7, 11) is 0. The first-order valence-corrected chi connectivity index (χ1v) is 13.9. The van der Waals surface area contributed by atoms with Crippen LogP contribution >= 0.6 is 0 Å². The fourth-order valence-corrected chi connectivity index (χ4v) is 6.91. The van der Waals surface area contributed by atoms with E-state index in [1.807, 2.05) is 0 Å². The number of furan rings is 2. The Labute approximate surface area is 233 Å². The van der Waals surface area contributed by atoms with Gasteiger partial charge in [0.05, 0.1) is 16.7 Å². The number of hydrogen-bond donors (Lipinski definition) is 0. The molecule has 3 heterocycles. The first-order valence-electron chi connectivity index (χ1n) is 13.9.